The lowest BCUT2D eigenvalue weighted by atomic mass is 10.3. The number of furan rings is 1. The van der Waals surface area contributed by atoms with Crippen LogP contribution in [0.1, 0.15) is 11.3 Å². The molecule has 0 spiro atoms. The Morgan fingerprint density at radius 2 is 2.31 bits per heavy atom. The summed E-state index contributed by atoms with van der Waals surface area (Å²) in [6, 6.07) is 5.59. The molecule has 0 radical (unpaired) electrons. The monoisotopic (exact) mass is 218 g/mol. The second-order valence-electron chi connectivity index (χ2n) is 3.46. The van der Waals surface area contributed by atoms with Crippen molar-refractivity contribution in [2.75, 3.05) is 12.4 Å². The fourth-order valence-corrected chi connectivity index (χ4v) is 1.39. The smallest absolute Gasteiger partial charge is 0.129 e. The Hall–Kier alpha value is -1.97. The number of hydrogen-bond donors (Lipinski definition) is 1. The molecule has 0 saturated carbocycles. The second-order valence-corrected chi connectivity index (χ2v) is 3.46. The van der Waals surface area contributed by atoms with Crippen LogP contribution in [0, 0.1) is 6.92 Å². The summed E-state index contributed by atoms with van der Waals surface area (Å²) in [6.45, 7) is 2.64. The zero-order valence-electron chi connectivity index (χ0n) is 9.36. The molecule has 0 saturated heterocycles. The summed E-state index contributed by atoms with van der Waals surface area (Å²) in [5.74, 6) is 2.48. The summed E-state index contributed by atoms with van der Waals surface area (Å²) in [4.78, 5) is 4.18. The van der Waals surface area contributed by atoms with Gasteiger partial charge >= 0.3 is 0 Å². The number of anilines is 1. The van der Waals surface area contributed by atoms with Crippen LogP contribution in [0.15, 0.2) is 35.1 Å². The van der Waals surface area contributed by atoms with Crippen molar-refractivity contribution < 1.29 is 9.15 Å². The van der Waals surface area contributed by atoms with Crippen molar-refractivity contribution in [3.63, 3.8) is 0 Å². The highest BCUT2D eigenvalue weighted by molar-refractivity contribution is 5.41. The predicted molar refractivity (Wildman–Crippen MR) is 61.6 cm³/mol. The van der Waals surface area contributed by atoms with Gasteiger partial charge in [0.25, 0.3) is 0 Å². The molecule has 4 nitrogen and oxygen atoms in total. The zero-order valence-corrected chi connectivity index (χ0v) is 9.36. The molecule has 0 bridgehead atoms. The number of pyridine rings is 1. The molecule has 0 amide bonds. The van der Waals surface area contributed by atoms with E-state index in [0.717, 1.165) is 22.9 Å². The quantitative estimate of drug-likeness (QED) is 0.856. The van der Waals surface area contributed by atoms with Crippen LogP contribution in [-0.4, -0.2) is 12.1 Å². The molecule has 2 aromatic rings. The molecule has 2 aromatic heterocycles. The van der Waals surface area contributed by atoms with Crippen molar-refractivity contribution in [2.45, 2.75) is 13.5 Å². The minimum absolute atomic E-state index is 0.624. The van der Waals surface area contributed by atoms with Crippen LogP contribution in [0.25, 0.3) is 0 Å². The maximum absolute atomic E-state index is 5.32. The van der Waals surface area contributed by atoms with E-state index in [1.54, 1.807) is 19.6 Å². The minimum Gasteiger partial charge on any atom is -0.497 e. The van der Waals surface area contributed by atoms with Crippen LogP contribution in [0.3, 0.4) is 0 Å². The molecule has 0 unspecified atom stereocenters. The zero-order chi connectivity index (χ0) is 11.4. The highest BCUT2D eigenvalue weighted by Gasteiger charge is 2.02. The molecule has 2 rings (SSSR count). The number of rotatable bonds is 4. The van der Waals surface area contributed by atoms with E-state index in [1.165, 1.54) is 0 Å². The summed E-state index contributed by atoms with van der Waals surface area (Å²) < 4.78 is 10.4. The summed E-state index contributed by atoms with van der Waals surface area (Å²) in [7, 11) is 1.63. The summed E-state index contributed by atoms with van der Waals surface area (Å²) in [5, 5.41) is 3.18. The van der Waals surface area contributed by atoms with Gasteiger partial charge in [0.15, 0.2) is 0 Å². The molecule has 1 N–H and O–H groups in total. The third kappa shape index (κ3) is 2.34. The first-order valence-corrected chi connectivity index (χ1v) is 5.06. The standard InChI is InChI=1S/C12H14N2O2/c1-9-4-6-16-11(9)8-14-12-7-10(15-2)3-5-13-12/h3-7H,8H2,1-2H3,(H,13,14). The molecule has 0 atom stereocenters. The van der Waals surface area contributed by atoms with Crippen molar-refractivity contribution in [1.29, 1.82) is 0 Å². The average molecular weight is 218 g/mol. The van der Waals surface area contributed by atoms with Gasteiger partial charge in [-0.3, -0.25) is 0 Å². The summed E-state index contributed by atoms with van der Waals surface area (Å²) >= 11 is 0. The lowest BCUT2D eigenvalue weighted by molar-refractivity contribution is 0.414. The van der Waals surface area contributed by atoms with Gasteiger partial charge in [0, 0.05) is 12.3 Å². The maximum atomic E-state index is 5.32. The van der Waals surface area contributed by atoms with Gasteiger partial charge in [-0.05, 0) is 24.6 Å². The van der Waals surface area contributed by atoms with Gasteiger partial charge in [-0.1, -0.05) is 0 Å². The molecular formula is C12H14N2O2. The van der Waals surface area contributed by atoms with Gasteiger partial charge in [-0.25, -0.2) is 4.98 Å². The summed E-state index contributed by atoms with van der Waals surface area (Å²) in [5.41, 5.74) is 1.13. The maximum Gasteiger partial charge on any atom is 0.129 e. The van der Waals surface area contributed by atoms with Gasteiger partial charge in [-0.15, -0.1) is 0 Å². The van der Waals surface area contributed by atoms with Crippen LogP contribution >= 0.6 is 0 Å². The highest BCUT2D eigenvalue weighted by Crippen LogP contribution is 2.15. The third-order valence-electron chi connectivity index (χ3n) is 2.37. The van der Waals surface area contributed by atoms with E-state index < -0.39 is 0 Å². The Morgan fingerprint density at radius 1 is 1.44 bits per heavy atom. The van der Waals surface area contributed by atoms with E-state index in [1.807, 2.05) is 25.1 Å². The first kappa shape index (κ1) is 10.5. The van der Waals surface area contributed by atoms with Crippen molar-refractivity contribution >= 4 is 5.82 Å². The molecule has 4 heteroatoms. The first-order valence-electron chi connectivity index (χ1n) is 5.06. The first-order chi connectivity index (χ1) is 7.79. The molecule has 2 heterocycles. The number of aryl methyl sites for hydroxylation is 1. The topological polar surface area (TPSA) is 47.3 Å². The van der Waals surface area contributed by atoms with E-state index in [2.05, 4.69) is 10.3 Å². The lowest BCUT2D eigenvalue weighted by Gasteiger charge is -2.05. The van der Waals surface area contributed by atoms with Gasteiger partial charge in [0.1, 0.15) is 17.3 Å². The fourth-order valence-electron chi connectivity index (χ4n) is 1.39. The normalized spacial score (nSPS) is 10.1. The van der Waals surface area contributed by atoms with Gasteiger partial charge in [-0.2, -0.15) is 0 Å². The molecule has 0 aliphatic heterocycles. The SMILES string of the molecule is COc1ccnc(NCc2occc2C)c1. The third-order valence-corrected chi connectivity index (χ3v) is 2.37. The van der Waals surface area contributed by atoms with Gasteiger partial charge in [0.2, 0.25) is 0 Å². The van der Waals surface area contributed by atoms with E-state index in [0.29, 0.717) is 6.54 Å². The number of hydrogen-bond acceptors (Lipinski definition) is 4. The van der Waals surface area contributed by atoms with Crippen LogP contribution < -0.4 is 10.1 Å². The number of aromatic nitrogens is 1. The number of methoxy groups -OCH3 is 1. The Kier molecular flexibility index (Phi) is 3.10. The van der Waals surface area contributed by atoms with Gasteiger partial charge < -0.3 is 14.5 Å². The molecular weight excluding hydrogens is 204 g/mol. The van der Waals surface area contributed by atoms with Crippen molar-refractivity contribution in [1.82, 2.24) is 4.98 Å². The van der Waals surface area contributed by atoms with E-state index in [4.69, 9.17) is 9.15 Å². The molecule has 84 valence electrons. The van der Waals surface area contributed by atoms with Crippen LogP contribution in [0.4, 0.5) is 5.82 Å². The second kappa shape index (κ2) is 4.70. The number of ether oxygens (including phenoxy) is 1. The Labute approximate surface area is 94.3 Å². The van der Waals surface area contributed by atoms with E-state index >= 15 is 0 Å². The van der Waals surface area contributed by atoms with Crippen molar-refractivity contribution in [3.05, 3.63) is 42.0 Å². The van der Waals surface area contributed by atoms with Gasteiger partial charge in [0.05, 0.1) is 19.9 Å². The van der Waals surface area contributed by atoms with E-state index in [-0.39, 0.29) is 0 Å². The lowest BCUT2D eigenvalue weighted by Crippen LogP contribution is -2.01. The number of nitrogens with zero attached hydrogens (tertiary/aromatic N) is 1. The highest BCUT2D eigenvalue weighted by atomic mass is 16.5. The largest absolute Gasteiger partial charge is 0.497 e. The number of nitrogens with one attached hydrogen (secondary N) is 1. The Morgan fingerprint density at radius 3 is 3.00 bits per heavy atom. The fraction of sp³-hybridized carbons (Fsp3) is 0.250. The van der Waals surface area contributed by atoms with Crippen LogP contribution in [-0.2, 0) is 6.54 Å². The predicted octanol–water partition coefficient (Wildman–Crippen LogP) is 2.60. The Bertz CT molecular complexity index is 466. The molecule has 0 aliphatic rings. The average Bonchev–Trinajstić information content (AvgIpc) is 2.72. The minimum atomic E-state index is 0.624. The van der Waals surface area contributed by atoms with Crippen LogP contribution in [0.5, 0.6) is 5.75 Å². The van der Waals surface area contributed by atoms with Crippen molar-refractivity contribution in [2.24, 2.45) is 0 Å². The molecule has 0 aromatic carbocycles. The molecule has 0 aliphatic carbocycles. The molecule has 16 heavy (non-hydrogen) atoms. The molecule has 0 fully saturated rings. The summed E-state index contributed by atoms with van der Waals surface area (Å²) in [6.07, 6.45) is 3.39. The van der Waals surface area contributed by atoms with E-state index in [9.17, 15) is 0 Å². The van der Waals surface area contributed by atoms with Crippen molar-refractivity contribution in [3.8, 4) is 5.75 Å². The Balaban J connectivity index is 2.02. The van der Waals surface area contributed by atoms with Crippen LogP contribution in [0.2, 0.25) is 0 Å².